The molecule has 1 N–H and O–H groups in total. The summed E-state index contributed by atoms with van der Waals surface area (Å²) in [6, 6.07) is 4.67. The largest absolute Gasteiger partial charge is 0.382 e. The minimum absolute atomic E-state index is 0.305. The van der Waals surface area contributed by atoms with Crippen LogP contribution < -0.4 is 5.32 Å². The second kappa shape index (κ2) is 5.37. The van der Waals surface area contributed by atoms with Gasteiger partial charge in [0.15, 0.2) is 0 Å². The van der Waals surface area contributed by atoms with Gasteiger partial charge in [0, 0.05) is 18.0 Å². The average molecular weight is 199 g/mol. The van der Waals surface area contributed by atoms with Crippen LogP contribution in [0.1, 0.15) is 24.3 Å². The fourth-order valence-corrected chi connectivity index (χ4v) is 2.14. The molecule has 0 aliphatic carbocycles. The molecule has 2 atom stereocenters. The molecule has 1 rings (SSSR count). The Bertz CT molecular complexity index is 223. The Labute approximate surface area is 83.9 Å². The van der Waals surface area contributed by atoms with Crippen molar-refractivity contribution in [2.75, 3.05) is 14.2 Å². The van der Waals surface area contributed by atoms with Crippen molar-refractivity contribution >= 4 is 11.3 Å². The van der Waals surface area contributed by atoms with Gasteiger partial charge in [0.1, 0.15) is 0 Å². The molecule has 0 bridgehead atoms. The Morgan fingerprint density at radius 2 is 2.38 bits per heavy atom. The molecule has 74 valence electrons. The van der Waals surface area contributed by atoms with E-state index in [-0.39, 0.29) is 0 Å². The van der Waals surface area contributed by atoms with Crippen LogP contribution in [0.25, 0.3) is 0 Å². The number of hydrogen-bond acceptors (Lipinski definition) is 3. The van der Waals surface area contributed by atoms with Gasteiger partial charge in [-0.25, -0.2) is 0 Å². The molecule has 0 spiro atoms. The first-order chi connectivity index (χ1) is 6.27. The van der Waals surface area contributed by atoms with E-state index in [9.17, 15) is 0 Å². The third-order valence-corrected chi connectivity index (χ3v) is 3.19. The van der Waals surface area contributed by atoms with Crippen molar-refractivity contribution in [1.29, 1.82) is 0 Å². The number of methoxy groups -OCH3 is 1. The molecule has 1 aromatic rings. The lowest BCUT2D eigenvalue weighted by atomic mass is 10.1. The van der Waals surface area contributed by atoms with Crippen LogP contribution in [0.2, 0.25) is 0 Å². The first-order valence-corrected chi connectivity index (χ1v) is 5.39. The van der Waals surface area contributed by atoms with Crippen LogP contribution in [0.3, 0.4) is 0 Å². The van der Waals surface area contributed by atoms with Gasteiger partial charge >= 0.3 is 0 Å². The summed E-state index contributed by atoms with van der Waals surface area (Å²) < 4.78 is 5.25. The van der Waals surface area contributed by atoms with Crippen molar-refractivity contribution in [3.8, 4) is 0 Å². The first kappa shape index (κ1) is 10.7. The molecule has 3 heteroatoms. The monoisotopic (exact) mass is 199 g/mol. The molecule has 1 aromatic heterocycles. The topological polar surface area (TPSA) is 21.3 Å². The molecule has 0 aliphatic rings. The van der Waals surface area contributed by atoms with E-state index in [0.717, 1.165) is 6.42 Å². The fraction of sp³-hybridized carbons (Fsp3) is 0.600. The summed E-state index contributed by atoms with van der Waals surface area (Å²) in [6.07, 6.45) is 1.33. The van der Waals surface area contributed by atoms with Crippen molar-refractivity contribution in [3.63, 3.8) is 0 Å². The van der Waals surface area contributed by atoms with E-state index < -0.39 is 0 Å². The summed E-state index contributed by atoms with van der Waals surface area (Å²) in [7, 11) is 3.75. The summed E-state index contributed by atoms with van der Waals surface area (Å²) in [5.74, 6) is 0. The van der Waals surface area contributed by atoms with Crippen molar-refractivity contribution in [3.05, 3.63) is 22.4 Å². The summed E-state index contributed by atoms with van der Waals surface area (Å²) >= 11 is 1.79. The zero-order valence-electron chi connectivity index (χ0n) is 8.41. The molecule has 0 radical (unpaired) electrons. The second-order valence-electron chi connectivity index (χ2n) is 3.14. The Morgan fingerprint density at radius 1 is 1.62 bits per heavy atom. The predicted octanol–water partition coefficient (Wildman–Crippen LogP) is 2.43. The normalized spacial score (nSPS) is 15.6. The SMILES string of the molecule is CNC(CC(C)OC)c1cccs1. The zero-order valence-corrected chi connectivity index (χ0v) is 9.23. The Morgan fingerprint density at radius 3 is 2.85 bits per heavy atom. The van der Waals surface area contributed by atoms with Gasteiger partial charge in [0.25, 0.3) is 0 Å². The van der Waals surface area contributed by atoms with Gasteiger partial charge in [-0.3, -0.25) is 0 Å². The maximum absolute atomic E-state index is 5.25. The highest BCUT2D eigenvalue weighted by molar-refractivity contribution is 7.10. The summed E-state index contributed by atoms with van der Waals surface area (Å²) in [5.41, 5.74) is 0. The lowest BCUT2D eigenvalue weighted by molar-refractivity contribution is 0.102. The molecular formula is C10H17NOS. The smallest absolute Gasteiger partial charge is 0.0561 e. The molecule has 0 saturated carbocycles. The Kier molecular flexibility index (Phi) is 4.42. The highest BCUT2D eigenvalue weighted by Crippen LogP contribution is 2.23. The van der Waals surface area contributed by atoms with Crippen LogP contribution >= 0.6 is 11.3 Å². The Balaban J connectivity index is 2.53. The van der Waals surface area contributed by atoms with Gasteiger partial charge in [-0.2, -0.15) is 0 Å². The number of nitrogens with one attached hydrogen (secondary N) is 1. The van der Waals surface area contributed by atoms with Crippen molar-refractivity contribution < 1.29 is 4.74 Å². The third kappa shape index (κ3) is 3.10. The molecule has 2 nitrogen and oxygen atoms in total. The zero-order chi connectivity index (χ0) is 9.68. The average Bonchev–Trinajstić information content (AvgIpc) is 2.66. The van der Waals surface area contributed by atoms with Gasteiger partial charge in [-0.1, -0.05) is 6.07 Å². The van der Waals surface area contributed by atoms with Crippen molar-refractivity contribution in [2.24, 2.45) is 0 Å². The van der Waals surface area contributed by atoms with E-state index in [1.807, 2.05) is 7.05 Å². The van der Waals surface area contributed by atoms with Crippen LogP contribution in [0.4, 0.5) is 0 Å². The van der Waals surface area contributed by atoms with Gasteiger partial charge in [-0.15, -0.1) is 11.3 Å². The van der Waals surface area contributed by atoms with Gasteiger partial charge in [0.2, 0.25) is 0 Å². The van der Waals surface area contributed by atoms with E-state index in [0.29, 0.717) is 12.1 Å². The summed E-state index contributed by atoms with van der Waals surface area (Å²) in [4.78, 5) is 1.38. The lowest BCUT2D eigenvalue weighted by Gasteiger charge is -2.18. The van der Waals surface area contributed by atoms with E-state index in [4.69, 9.17) is 4.74 Å². The highest BCUT2D eigenvalue weighted by Gasteiger charge is 2.13. The van der Waals surface area contributed by atoms with E-state index >= 15 is 0 Å². The summed E-state index contributed by atoms with van der Waals surface area (Å²) in [6.45, 7) is 2.10. The van der Waals surface area contributed by atoms with Gasteiger partial charge in [0.05, 0.1) is 6.10 Å². The minimum atomic E-state index is 0.305. The molecule has 0 fully saturated rings. The highest BCUT2D eigenvalue weighted by atomic mass is 32.1. The fourth-order valence-electron chi connectivity index (χ4n) is 1.29. The molecule has 13 heavy (non-hydrogen) atoms. The van der Waals surface area contributed by atoms with Crippen LogP contribution in [-0.4, -0.2) is 20.3 Å². The van der Waals surface area contributed by atoms with Crippen LogP contribution in [0.15, 0.2) is 17.5 Å². The van der Waals surface area contributed by atoms with Crippen LogP contribution in [-0.2, 0) is 4.74 Å². The molecule has 0 aliphatic heterocycles. The molecule has 0 aromatic carbocycles. The molecule has 1 heterocycles. The predicted molar refractivity (Wildman–Crippen MR) is 57.2 cm³/mol. The molecule has 0 amide bonds. The Hall–Kier alpha value is -0.380. The number of thiophene rings is 1. The van der Waals surface area contributed by atoms with Crippen LogP contribution in [0, 0.1) is 0 Å². The van der Waals surface area contributed by atoms with Crippen molar-refractivity contribution in [1.82, 2.24) is 5.32 Å². The van der Waals surface area contributed by atoms with E-state index in [2.05, 4.69) is 29.8 Å². The molecule has 0 saturated heterocycles. The van der Waals surface area contributed by atoms with Crippen LogP contribution in [0.5, 0.6) is 0 Å². The summed E-state index contributed by atoms with van der Waals surface area (Å²) in [5, 5.41) is 5.41. The van der Waals surface area contributed by atoms with Crippen molar-refractivity contribution in [2.45, 2.75) is 25.5 Å². The number of rotatable bonds is 5. The van der Waals surface area contributed by atoms with Gasteiger partial charge < -0.3 is 10.1 Å². The standard InChI is InChI=1S/C10H17NOS/c1-8(12-3)7-9(11-2)10-5-4-6-13-10/h4-6,8-9,11H,7H2,1-3H3. The maximum Gasteiger partial charge on any atom is 0.0561 e. The molecular weight excluding hydrogens is 182 g/mol. The first-order valence-electron chi connectivity index (χ1n) is 4.51. The lowest BCUT2D eigenvalue weighted by Crippen LogP contribution is -2.21. The van der Waals surface area contributed by atoms with E-state index in [1.165, 1.54) is 4.88 Å². The molecule has 2 unspecified atom stereocenters. The quantitative estimate of drug-likeness (QED) is 0.786. The van der Waals surface area contributed by atoms with E-state index in [1.54, 1.807) is 18.4 Å². The maximum atomic E-state index is 5.25. The van der Waals surface area contributed by atoms with Gasteiger partial charge in [-0.05, 0) is 31.8 Å². The second-order valence-corrected chi connectivity index (χ2v) is 4.12. The third-order valence-electron chi connectivity index (χ3n) is 2.21. The number of hydrogen-bond donors (Lipinski definition) is 1. The minimum Gasteiger partial charge on any atom is -0.382 e. The number of ether oxygens (including phenoxy) is 1.